The maximum absolute atomic E-state index is 13.8. The van der Waals surface area contributed by atoms with Gasteiger partial charge in [0.05, 0.1) is 10.6 Å². The zero-order valence-electron chi connectivity index (χ0n) is 17.5. The van der Waals surface area contributed by atoms with Crippen molar-refractivity contribution in [2.45, 2.75) is 24.3 Å². The van der Waals surface area contributed by atoms with E-state index in [-0.39, 0.29) is 34.5 Å². The second-order valence-electron chi connectivity index (χ2n) is 7.76. The lowest BCUT2D eigenvalue weighted by atomic mass is 10.1. The molecule has 3 aromatic carbocycles. The average molecular weight is 468 g/mol. The summed E-state index contributed by atoms with van der Waals surface area (Å²) in [7, 11) is -4.08. The molecule has 1 fully saturated rings. The lowest BCUT2D eigenvalue weighted by molar-refractivity contribution is -0.117. The number of sulfonamides is 1. The third kappa shape index (κ3) is 5.75. The Hall–Kier alpha value is -3.72. The summed E-state index contributed by atoms with van der Waals surface area (Å²) >= 11 is 0. The number of anilines is 2. The number of hydrogen-bond acceptors (Lipinski definition) is 4. The Morgan fingerprint density at radius 2 is 1.67 bits per heavy atom. The SMILES string of the molecule is O=C(NCc1ccc(NC(=O)C2CC2)cc1)c1cccc(S(=O)(=O)Nc2ccccc2F)c1. The lowest BCUT2D eigenvalue weighted by Crippen LogP contribution is -2.23. The zero-order chi connectivity index (χ0) is 23.4. The highest BCUT2D eigenvalue weighted by Crippen LogP contribution is 2.30. The second-order valence-corrected chi connectivity index (χ2v) is 9.44. The fourth-order valence-corrected chi connectivity index (χ4v) is 4.25. The zero-order valence-corrected chi connectivity index (χ0v) is 18.4. The summed E-state index contributed by atoms with van der Waals surface area (Å²) in [5.74, 6) is -1.02. The topological polar surface area (TPSA) is 104 Å². The van der Waals surface area contributed by atoms with Crippen molar-refractivity contribution < 1.29 is 22.4 Å². The van der Waals surface area contributed by atoms with Crippen LogP contribution in [0.15, 0.2) is 77.7 Å². The van der Waals surface area contributed by atoms with E-state index < -0.39 is 21.7 Å². The number of hydrogen-bond donors (Lipinski definition) is 3. The van der Waals surface area contributed by atoms with Crippen molar-refractivity contribution in [1.82, 2.24) is 5.32 Å². The second kappa shape index (κ2) is 9.41. The van der Waals surface area contributed by atoms with Crippen LogP contribution >= 0.6 is 0 Å². The van der Waals surface area contributed by atoms with Crippen molar-refractivity contribution in [1.29, 1.82) is 0 Å². The molecule has 0 aliphatic heterocycles. The van der Waals surface area contributed by atoms with Crippen molar-refractivity contribution in [2.75, 3.05) is 10.0 Å². The average Bonchev–Trinajstić information content (AvgIpc) is 3.66. The van der Waals surface area contributed by atoms with Crippen LogP contribution in [0, 0.1) is 11.7 Å². The van der Waals surface area contributed by atoms with Gasteiger partial charge in [-0.3, -0.25) is 14.3 Å². The Morgan fingerprint density at radius 3 is 2.36 bits per heavy atom. The molecule has 3 N–H and O–H groups in total. The maximum Gasteiger partial charge on any atom is 0.262 e. The number of amides is 2. The van der Waals surface area contributed by atoms with E-state index >= 15 is 0 Å². The summed E-state index contributed by atoms with van der Waals surface area (Å²) in [5, 5.41) is 5.59. The van der Waals surface area contributed by atoms with Gasteiger partial charge < -0.3 is 10.6 Å². The first-order valence-corrected chi connectivity index (χ1v) is 11.9. The molecule has 1 aliphatic rings. The van der Waals surface area contributed by atoms with E-state index in [1.165, 1.54) is 42.5 Å². The Labute approximate surface area is 191 Å². The third-order valence-corrected chi connectivity index (χ3v) is 6.51. The summed E-state index contributed by atoms with van der Waals surface area (Å²) in [5.41, 5.74) is 1.49. The Kier molecular flexibility index (Phi) is 6.41. The van der Waals surface area contributed by atoms with Crippen LogP contribution < -0.4 is 15.4 Å². The van der Waals surface area contributed by atoms with E-state index in [2.05, 4.69) is 15.4 Å². The van der Waals surface area contributed by atoms with Crippen LogP contribution in [0.5, 0.6) is 0 Å². The van der Waals surface area contributed by atoms with Crippen LogP contribution in [0.1, 0.15) is 28.8 Å². The molecular formula is C24H22FN3O4S. The molecule has 0 unspecified atom stereocenters. The summed E-state index contributed by atoms with van der Waals surface area (Å²) in [6.07, 6.45) is 1.86. The number of para-hydroxylation sites is 1. The molecule has 1 saturated carbocycles. The lowest BCUT2D eigenvalue weighted by Gasteiger charge is -2.11. The van der Waals surface area contributed by atoms with Crippen molar-refractivity contribution in [3.05, 3.63) is 89.7 Å². The molecule has 33 heavy (non-hydrogen) atoms. The highest BCUT2D eigenvalue weighted by Gasteiger charge is 2.29. The van der Waals surface area contributed by atoms with E-state index in [4.69, 9.17) is 0 Å². The molecule has 7 nitrogen and oxygen atoms in total. The standard InChI is InChI=1S/C24H22FN3O4S/c25-21-6-1-2-7-22(21)28-33(31,32)20-5-3-4-18(14-20)23(29)26-15-16-8-12-19(13-9-16)27-24(30)17-10-11-17/h1-9,12-14,17,28H,10-11,15H2,(H,26,29)(H,27,30). The van der Waals surface area contributed by atoms with Gasteiger partial charge in [0.25, 0.3) is 15.9 Å². The van der Waals surface area contributed by atoms with E-state index in [1.807, 2.05) is 0 Å². The Bertz CT molecular complexity index is 1290. The smallest absolute Gasteiger partial charge is 0.262 e. The van der Waals surface area contributed by atoms with Crippen LogP contribution in [0.2, 0.25) is 0 Å². The van der Waals surface area contributed by atoms with Crippen molar-refractivity contribution in [2.24, 2.45) is 5.92 Å². The molecule has 0 heterocycles. The van der Waals surface area contributed by atoms with Gasteiger partial charge in [-0.05, 0) is 60.9 Å². The molecule has 0 radical (unpaired) electrons. The molecule has 1 aliphatic carbocycles. The van der Waals surface area contributed by atoms with Gasteiger partial charge in [-0.2, -0.15) is 0 Å². The normalized spacial score (nSPS) is 13.2. The summed E-state index contributed by atoms with van der Waals surface area (Å²) in [6, 6.07) is 18.0. The van der Waals surface area contributed by atoms with E-state index in [1.54, 1.807) is 24.3 Å². The number of carbonyl (C=O) groups is 2. The number of carbonyl (C=O) groups excluding carboxylic acids is 2. The minimum atomic E-state index is -4.08. The van der Waals surface area contributed by atoms with Gasteiger partial charge in [-0.25, -0.2) is 12.8 Å². The monoisotopic (exact) mass is 467 g/mol. The molecule has 0 spiro atoms. The van der Waals surface area contributed by atoms with E-state index in [0.717, 1.165) is 24.5 Å². The summed E-state index contributed by atoms with van der Waals surface area (Å²) in [6.45, 7) is 0.222. The molecule has 0 atom stereocenters. The molecule has 0 bridgehead atoms. The Morgan fingerprint density at radius 1 is 0.939 bits per heavy atom. The molecule has 0 aromatic heterocycles. The third-order valence-electron chi connectivity index (χ3n) is 5.15. The maximum atomic E-state index is 13.8. The van der Waals surface area contributed by atoms with Gasteiger partial charge >= 0.3 is 0 Å². The van der Waals surface area contributed by atoms with Crippen LogP contribution in [0.25, 0.3) is 0 Å². The predicted molar refractivity (Wildman–Crippen MR) is 123 cm³/mol. The minimum Gasteiger partial charge on any atom is -0.348 e. The van der Waals surface area contributed by atoms with Crippen LogP contribution in [-0.4, -0.2) is 20.2 Å². The summed E-state index contributed by atoms with van der Waals surface area (Å²) < 4.78 is 41.3. The van der Waals surface area contributed by atoms with Gasteiger partial charge in [0.1, 0.15) is 5.82 Å². The van der Waals surface area contributed by atoms with Crippen molar-refractivity contribution in [3.8, 4) is 0 Å². The first-order valence-electron chi connectivity index (χ1n) is 10.4. The van der Waals surface area contributed by atoms with Gasteiger partial charge in [-0.15, -0.1) is 0 Å². The molecule has 3 aromatic rings. The first-order chi connectivity index (χ1) is 15.8. The number of rotatable bonds is 8. The first kappa shape index (κ1) is 22.5. The van der Waals surface area contributed by atoms with E-state index in [0.29, 0.717) is 5.69 Å². The fourth-order valence-electron chi connectivity index (χ4n) is 3.13. The summed E-state index contributed by atoms with van der Waals surface area (Å²) in [4.78, 5) is 24.2. The molecule has 0 saturated heterocycles. The van der Waals surface area contributed by atoms with Crippen LogP contribution in [0.4, 0.5) is 15.8 Å². The quantitative estimate of drug-likeness (QED) is 0.467. The van der Waals surface area contributed by atoms with Crippen molar-refractivity contribution >= 4 is 33.2 Å². The predicted octanol–water partition coefficient (Wildman–Crippen LogP) is 3.91. The van der Waals surface area contributed by atoms with Crippen molar-refractivity contribution in [3.63, 3.8) is 0 Å². The fraction of sp³-hybridized carbons (Fsp3) is 0.167. The molecule has 170 valence electrons. The van der Waals surface area contributed by atoms with Gasteiger partial charge in [-0.1, -0.05) is 30.3 Å². The van der Waals surface area contributed by atoms with E-state index in [9.17, 15) is 22.4 Å². The number of nitrogens with one attached hydrogen (secondary N) is 3. The van der Waals surface area contributed by atoms with Gasteiger partial charge in [0.15, 0.2) is 0 Å². The highest BCUT2D eigenvalue weighted by molar-refractivity contribution is 7.92. The van der Waals surface area contributed by atoms with Gasteiger partial charge in [0.2, 0.25) is 5.91 Å². The molecule has 2 amide bonds. The highest BCUT2D eigenvalue weighted by atomic mass is 32.2. The molecule has 9 heteroatoms. The van der Waals surface area contributed by atoms with Gasteiger partial charge in [0, 0.05) is 23.7 Å². The largest absolute Gasteiger partial charge is 0.348 e. The molecular weight excluding hydrogens is 445 g/mol. The number of benzene rings is 3. The Balaban J connectivity index is 1.38. The van der Waals surface area contributed by atoms with Crippen LogP contribution in [0.3, 0.4) is 0 Å². The molecule has 4 rings (SSSR count). The number of halogens is 1. The van der Waals surface area contributed by atoms with Crippen LogP contribution in [-0.2, 0) is 21.4 Å². The minimum absolute atomic E-state index is 0.0235.